The molecule has 0 aliphatic carbocycles. The lowest BCUT2D eigenvalue weighted by molar-refractivity contribution is -0.870. The van der Waals surface area contributed by atoms with Crippen LogP contribution in [0.25, 0.3) is 0 Å². The normalized spacial score (nSPS) is 14.1. The molecule has 0 aliphatic heterocycles. The lowest BCUT2D eigenvalue weighted by Crippen LogP contribution is -2.47. The van der Waals surface area contributed by atoms with E-state index in [2.05, 4.69) is 62.5 Å². The van der Waals surface area contributed by atoms with Gasteiger partial charge in [0, 0.05) is 12.8 Å². The fourth-order valence-corrected chi connectivity index (χ4v) is 9.09. The Morgan fingerprint density at radius 2 is 0.928 bits per heavy atom. The van der Waals surface area contributed by atoms with Gasteiger partial charge in [0.05, 0.1) is 33.8 Å². The highest BCUT2D eigenvalue weighted by atomic mass is 31.2. The van der Waals surface area contributed by atoms with Crippen LogP contribution < -0.4 is 5.32 Å². The van der Waals surface area contributed by atoms with Crippen molar-refractivity contribution in [2.45, 2.75) is 277 Å². The first-order valence-electron chi connectivity index (χ1n) is 29.0. The van der Waals surface area contributed by atoms with Gasteiger partial charge in [0.25, 0.3) is 0 Å². The summed E-state index contributed by atoms with van der Waals surface area (Å²) in [5.74, 6) is -0.512. The SMILES string of the molecule is CC/C=C/C=C/C=C/CCCCCCCCCC(=O)OC(/C=C/CCCCCCCCCCC)C(COP(=O)(O)OCC[N+](C)(C)C)NC(=O)CCCCCCCCCCCCCCCCCCC. The second-order valence-corrected chi connectivity index (χ2v) is 22.3. The number of nitrogens with one attached hydrogen (secondary N) is 1. The molecule has 0 heterocycles. The number of hydrogen-bond acceptors (Lipinski definition) is 6. The van der Waals surface area contributed by atoms with Crippen molar-refractivity contribution in [1.29, 1.82) is 0 Å². The number of likely N-dealkylation sites (N-methyl/N-ethyl adjacent to an activating group) is 1. The van der Waals surface area contributed by atoms with Gasteiger partial charge in [0.2, 0.25) is 5.91 Å². The van der Waals surface area contributed by atoms with Crippen molar-refractivity contribution in [3.63, 3.8) is 0 Å². The zero-order valence-corrected chi connectivity index (χ0v) is 47.0. The highest BCUT2D eigenvalue weighted by Crippen LogP contribution is 2.43. The summed E-state index contributed by atoms with van der Waals surface area (Å²) in [5, 5.41) is 3.05. The number of unbranched alkanes of at least 4 members (excludes halogenated alkanes) is 32. The lowest BCUT2D eigenvalue weighted by Gasteiger charge is -2.27. The predicted octanol–water partition coefficient (Wildman–Crippen LogP) is 17.3. The molecule has 0 saturated carbocycles. The largest absolute Gasteiger partial charge is 0.472 e. The number of nitrogens with zero attached hydrogens (tertiary/aromatic N) is 1. The Bertz CT molecular complexity index is 1330. The van der Waals surface area contributed by atoms with Gasteiger partial charge in [-0.1, -0.05) is 250 Å². The summed E-state index contributed by atoms with van der Waals surface area (Å²) >= 11 is 0. The van der Waals surface area contributed by atoms with Crippen LogP contribution in [0.15, 0.2) is 48.6 Å². The number of amides is 1. The third-order valence-corrected chi connectivity index (χ3v) is 13.8. The number of hydrogen-bond donors (Lipinski definition) is 2. The average Bonchev–Trinajstić information content (AvgIpc) is 3.31. The zero-order chi connectivity index (χ0) is 50.8. The smallest absolute Gasteiger partial charge is 0.456 e. The van der Waals surface area contributed by atoms with Gasteiger partial charge < -0.3 is 19.4 Å². The molecular formula is C59H112N2O7P+. The standard InChI is InChI=1S/C59H111N2O7P/c1-7-10-13-16-19-22-25-27-29-30-32-33-36-39-42-45-48-51-58(62)60-56(55-67-69(64,65)66-54-53-61(4,5)6)57(50-47-44-41-38-35-24-21-18-15-12-9-3)68-59(63)52-49-46-43-40-37-34-31-28-26-23-20-17-14-11-8-2/h11,14,17,20,23,26,47,50,56-57H,7-10,12-13,15-16,18-19,21-22,24-25,27-46,48-49,51-55H2,1-6H3,(H-,60,62,64,65)/p+1/b14-11+,20-17+,26-23+,50-47+. The van der Waals surface area contributed by atoms with Gasteiger partial charge >= 0.3 is 13.8 Å². The van der Waals surface area contributed by atoms with E-state index >= 15 is 0 Å². The van der Waals surface area contributed by atoms with Crippen LogP contribution in [0.3, 0.4) is 0 Å². The molecule has 0 aromatic carbocycles. The molecule has 0 aromatic heterocycles. The van der Waals surface area contributed by atoms with Crippen LogP contribution in [0, 0.1) is 0 Å². The van der Waals surface area contributed by atoms with Gasteiger partial charge in [0.15, 0.2) is 0 Å². The Balaban J connectivity index is 5.29. The molecule has 2 N–H and O–H groups in total. The highest BCUT2D eigenvalue weighted by molar-refractivity contribution is 7.47. The molecule has 0 saturated heterocycles. The molecule has 0 spiro atoms. The first-order valence-corrected chi connectivity index (χ1v) is 30.5. The van der Waals surface area contributed by atoms with Crippen molar-refractivity contribution in [3.05, 3.63) is 48.6 Å². The van der Waals surface area contributed by atoms with E-state index in [0.29, 0.717) is 17.4 Å². The molecule has 69 heavy (non-hydrogen) atoms. The minimum Gasteiger partial charge on any atom is -0.456 e. The van der Waals surface area contributed by atoms with Crippen LogP contribution in [-0.2, 0) is 27.9 Å². The Morgan fingerprint density at radius 1 is 0.522 bits per heavy atom. The van der Waals surface area contributed by atoms with Gasteiger partial charge in [-0.15, -0.1) is 0 Å². The summed E-state index contributed by atoms with van der Waals surface area (Å²) in [4.78, 5) is 37.6. The summed E-state index contributed by atoms with van der Waals surface area (Å²) in [6.45, 7) is 6.88. The molecule has 3 unspecified atom stereocenters. The van der Waals surface area contributed by atoms with Crippen LogP contribution in [-0.4, -0.2) is 74.3 Å². The fraction of sp³-hybridized carbons (Fsp3) is 0.831. The average molecular weight is 993 g/mol. The molecule has 0 fully saturated rings. The number of phosphoric ester groups is 1. The van der Waals surface area contributed by atoms with Gasteiger partial charge in [-0.2, -0.15) is 0 Å². The lowest BCUT2D eigenvalue weighted by atomic mass is 10.0. The Morgan fingerprint density at radius 3 is 1.38 bits per heavy atom. The van der Waals surface area contributed by atoms with E-state index in [-0.39, 0.29) is 31.5 Å². The molecule has 0 bridgehead atoms. The second kappa shape index (κ2) is 49.5. The van der Waals surface area contributed by atoms with Crippen LogP contribution in [0.4, 0.5) is 0 Å². The molecule has 0 rings (SSSR count). The Hall–Kier alpha value is -2.03. The maximum atomic E-state index is 13.5. The number of allylic oxidation sites excluding steroid dienone is 7. The number of rotatable bonds is 52. The van der Waals surface area contributed by atoms with Gasteiger partial charge in [-0.3, -0.25) is 18.6 Å². The van der Waals surface area contributed by atoms with Crippen molar-refractivity contribution in [2.24, 2.45) is 0 Å². The van der Waals surface area contributed by atoms with Gasteiger partial charge in [0.1, 0.15) is 19.3 Å². The summed E-state index contributed by atoms with van der Waals surface area (Å²) < 4.78 is 30.6. The highest BCUT2D eigenvalue weighted by Gasteiger charge is 2.30. The minimum absolute atomic E-state index is 0.0389. The molecule has 0 radical (unpaired) electrons. The molecule has 10 heteroatoms. The molecule has 404 valence electrons. The maximum Gasteiger partial charge on any atom is 0.472 e. The minimum atomic E-state index is -4.44. The number of carbonyl (C=O) groups excluding carboxylic acids is 2. The monoisotopic (exact) mass is 992 g/mol. The van der Waals surface area contributed by atoms with Crippen molar-refractivity contribution in [1.82, 2.24) is 5.32 Å². The van der Waals surface area contributed by atoms with E-state index < -0.39 is 20.0 Å². The van der Waals surface area contributed by atoms with E-state index in [9.17, 15) is 19.0 Å². The first-order chi connectivity index (χ1) is 33.4. The van der Waals surface area contributed by atoms with Crippen molar-refractivity contribution in [3.8, 4) is 0 Å². The molecular weight excluding hydrogens is 880 g/mol. The number of quaternary nitrogens is 1. The molecule has 1 amide bonds. The number of ether oxygens (including phenoxy) is 1. The van der Waals surface area contributed by atoms with E-state index in [0.717, 1.165) is 77.0 Å². The zero-order valence-electron chi connectivity index (χ0n) is 46.1. The number of carbonyl (C=O) groups is 2. The summed E-state index contributed by atoms with van der Waals surface area (Å²) in [6.07, 6.45) is 59.6. The predicted molar refractivity (Wildman–Crippen MR) is 295 cm³/mol. The summed E-state index contributed by atoms with van der Waals surface area (Å²) in [6, 6.07) is -0.849. The van der Waals surface area contributed by atoms with E-state index in [1.165, 1.54) is 154 Å². The van der Waals surface area contributed by atoms with Gasteiger partial charge in [-0.25, -0.2) is 4.57 Å². The van der Waals surface area contributed by atoms with Crippen LogP contribution in [0.5, 0.6) is 0 Å². The first kappa shape index (κ1) is 67.0. The van der Waals surface area contributed by atoms with Crippen molar-refractivity contribution >= 4 is 19.7 Å². The quantitative estimate of drug-likeness (QED) is 0.0156. The molecule has 9 nitrogen and oxygen atoms in total. The molecule has 0 aliphatic rings. The van der Waals surface area contributed by atoms with E-state index in [1.54, 1.807) is 0 Å². The van der Waals surface area contributed by atoms with Crippen molar-refractivity contribution in [2.75, 3.05) is 40.9 Å². The Labute approximate surface area is 427 Å². The third-order valence-electron chi connectivity index (χ3n) is 12.8. The summed E-state index contributed by atoms with van der Waals surface area (Å²) in [7, 11) is 1.49. The number of phosphoric acid groups is 1. The number of esters is 1. The second-order valence-electron chi connectivity index (χ2n) is 20.9. The van der Waals surface area contributed by atoms with Crippen LogP contribution >= 0.6 is 7.82 Å². The Kier molecular flexibility index (Phi) is 48.1. The van der Waals surface area contributed by atoms with Crippen molar-refractivity contribution < 1.29 is 37.3 Å². The fourth-order valence-electron chi connectivity index (χ4n) is 8.35. The van der Waals surface area contributed by atoms with E-state index in [1.807, 2.05) is 33.3 Å². The molecule has 0 aromatic rings. The van der Waals surface area contributed by atoms with Gasteiger partial charge in [-0.05, 0) is 51.0 Å². The van der Waals surface area contributed by atoms with E-state index in [4.69, 9.17) is 13.8 Å². The molecule has 3 atom stereocenters. The van der Waals surface area contributed by atoms with Crippen LogP contribution in [0.2, 0.25) is 0 Å². The summed E-state index contributed by atoms with van der Waals surface area (Å²) in [5.41, 5.74) is 0. The maximum absolute atomic E-state index is 13.5. The topological polar surface area (TPSA) is 111 Å². The van der Waals surface area contributed by atoms with Crippen LogP contribution in [0.1, 0.15) is 265 Å². The third kappa shape index (κ3) is 50.7.